The summed E-state index contributed by atoms with van der Waals surface area (Å²) in [4.78, 5) is 24.6. The molecule has 26 heavy (non-hydrogen) atoms. The van der Waals surface area contributed by atoms with E-state index in [2.05, 4.69) is 15.7 Å². The first-order valence-electron chi connectivity index (χ1n) is 8.59. The van der Waals surface area contributed by atoms with Gasteiger partial charge < -0.3 is 20.1 Å². The van der Waals surface area contributed by atoms with Crippen molar-refractivity contribution in [1.29, 1.82) is 0 Å². The molecular formula is C18H20N4O4. The van der Waals surface area contributed by atoms with Crippen LogP contribution in [-0.4, -0.2) is 40.9 Å². The Balaban J connectivity index is 1.54. The van der Waals surface area contributed by atoms with Crippen LogP contribution >= 0.6 is 0 Å². The predicted molar refractivity (Wildman–Crippen MR) is 92.0 cm³/mol. The lowest BCUT2D eigenvalue weighted by molar-refractivity contribution is -0.123. The van der Waals surface area contributed by atoms with Gasteiger partial charge in [-0.2, -0.15) is 5.10 Å². The van der Waals surface area contributed by atoms with Crippen molar-refractivity contribution in [3.8, 4) is 11.5 Å². The van der Waals surface area contributed by atoms with Gasteiger partial charge in [-0.15, -0.1) is 0 Å². The highest BCUT2D eigenvalue weighted by atomic mass is 16.6. The zero-order chi connectivity index (χ0) is 18.1. The molecule has 2 aromatic rings. The van der Waals surface area contributed by atoms with Gasteiger partial charge in [0, 0.05) is 25.2 Å². The highest BCUT2D eigenvalue weighted by molar-refractivity contribution is 5.95. The maximum absolute atomic E-state index is 12.7. The second kappa shape index (κ2) is 6.70. The first kappa shape index (κ1) is 16.4. The van der Waals surface area contributed by atoms with Gasteiger partial charge in [-0.1, -0.05) is 0 Å². The smallest absolute Gasteiger partial charge is 0.251 e. The molecule has 8 nitrogen and oxygen atoms in total. The summed E-state index contributed by atoms with van der Waals surface area (Å²) in [6.07, 6.45) is 2.62. The molecule has 0 saturated carbocycles. The lowest BCUT2D eigenvalue weighted by Gasteiger charge is -2.33. The molecule has 2 aliphatic heterocycles. The maximum Gasteiger partial charge on any atom is 0.251 e. The number of nitrogens with one attached hydrogen (secondary N) is 2. The fraction of sp³-hybridized carbons (Fsp3) is 0.389. The molecule has 0 spiro atoms. The van der Waals surface area contributed by atoms with Gasteiger partial charge in [0.25, 0.3) is 5.91 Å². The van der Waals surface area contributed by atoms with E-state index in [9.17, 15) is 9.59 Å². The number of carbonyl (C=O) groups is 2. The summed E-state index contributed by atoms with van der Waals surface area (Å²) in [5.74, 6) is 0.978. The van der Waals surface area contributed by atoms with Gasteiger partial charge in [-0.05, 0) is 30.7 Å². The summed E-state index contributed by atoms with van der Waals surface area (Å²) < 4.78 is 12.7. The summed E-state index contributed by atoms with van der Waals surface area (Å²) in [5, 5.41) is 10.2. The van der Waals surface area contributed by atoms with Crippen molar-refractivity contribution >= 4 is 11.8 Å². The second-order valence-corrected chi connectivity index (χ2v) is 6.40. The molecule has 3 heterocycles. The summed E-state index contributed by atoms with van der Waals surface area (Å²) in [5.41, 5.74) is 1.35. The number of amides is 2. The molecule has 0 unspecified atom stereocenters. The zero-order valence-corrected chi connectivity index (χ0v) is 14.4. The summed E-state index contributed by atoms with van der Waals surface area (Å²) in [7, 11) is 1.82. The number of aryl methyl sites for hydroxylation is 1. The van der Waals surface area contributed by atoms with E-state index >= 15 is 0 Å². The van der Waals surface area contributed by atoms with Gasteiger partial charge in [0.2, 0.25) is 5.91 Å². The number of aromatic nitrogens is 2. The number of fused-ring (bicyclic) bond motifs is 1. The number of piperidine rings is 1. The van der Waals surface area contributed by atoms with Gasteiger partial charge in [-0.3, -0.25) is 14.3 Å². The quantitative estimate of drug-likeness (QED) is 0.854. The van der Waals surface area contributed by atoms with Crippen LogP contribution in [0, 0.1) is 0 Å². The number of rotatable bonds is 3. The molecule has 0 bridgehead atoms. The number of hydrogen-bond acceptors (Lipinski definition) is 5. The molecule has 1 aromatic heterocycles. The monoisotopic (exact) mass is 356 g/mol. The minimum atomic E-state index is -0.315. The van der Waals surface area contributed by atoms with Crippen molar-refractivity contribution < 1.29 is 19.1 Å². The highest BCUT2D eigenvalue weighted by Gasteiger charge is 2.33. The lowest BCUT2D eigenvalue weighted by atomic mass is 9.95. The van der Waals surface area contributed by atoms with E-state index in [1.807, 2.05) is 13.1 Å². The van der Waals surface area contributed by atoms with E-state index < -0.39 is 0 Å². The van der Waals surface area contributed by atoms with Gasteiger partial charge in [0.1, 0.15) is 13.2 Å². The molecule has 0 aliphatic carbocycles. The molecule has 2 aliphatic rings. The third-order valence-electron chi connectivity index (χ3n) is 4.70. The molecule has 136 valence electrons. The summed E-state index contributed by atoms with van der Waals surface area (Å²) >= 11 is 0. The van der Waals surface area contributed by atoms with Gasteiger partial charge in [0.15, 0.2) is 11.5 Å². The van der Waals surface area contributed by atoms with Crippen LogP contribution in [0.4, 0.5) is 0 Å². The topological polar surface area (TPSA) is 94.5 Å². The van der Waals surface area contributed by atoms with Crippen molar-refractivity contribution in [2.45, 2.75) is 24.9 Å². The normalized spacial score (nSPS) is 21.8. The Hall–Kier alpha value is -3.03. The summed E-state index contributed by atoms with van der Waals surface area (Å²) in [6, 6.07) is 6.45. The fourth-order valence-corrected chi connectivity index (χ4v) is 3.36. The molecule has 2 amide bonds. The molecule has 0 radical (unpaired) electrons. The molecule has 1 saturated heterocycles. The molecule has 1 aromatic carbocycles. The first-order chi connectivity index (χ1) is 12.6. The van der Waals surface area contributed by atoms with E-state index in [0.717, 1.165) is 5.69 Å². The van der Waals surface area contributed by atoms with Crippen molar-refractivity contribution in [2.75, 3.05) is 13.2 Å². The van der Waals surface area contributed by atoms with E-state index in [0.29, 0.717) is 43.1 Å². The Morgan fingerprint density at radius 2 is 2.08 bits per heavy atom. The van der Waals surface area contributed by atoms with Crippen molar-refractivity contribution in [2.24, 2.45) is 7.05 Å². The number of benzene rings is 1. The Morgan fingerprint density at radius 3 is 2.85 bits per heavy atom. The number of ether oxygens (including phenoxy) is 2. The van der Waals surface area contributed by atoms with Gasteiger partial charge in [-0.25, -0.2) is 0 Å². The molecule has 2 N–H and O–H groups in total. The van der Waals surface area contributed by atoms with Crippen LogP contribution in [0.15, 0.2) is 30.5 Å². The predicted octanol–water partition coefficient (Wildman–Crippen LogP) is 0.941. The average Bonchev–Trinajstić information content (AvgIpc) is 3.08. The second-order valence-electron chi connectivity index (χ2n) is 6.40. The number of hydrogen-bond donors (Lipinski definition) is 2. The minimum Gasteiger partial charge on any atom is -0.486 e. The Labute approximate surface area is 150 Å². The van der Waals surface area contributed by atoms with E-state index in [1.165, 1.54) is 0 Å². The van der Waals surface area contributed by atoms with E-state index in [4.69, 9.17) is 9.47 Å². The zero-order valence-electron chi connectivity index (χ0n) is 14.4. The van der Waals surface area contributed by atoms with Crippen molar-refractivity contribution in [1.82, 2.24) is 20.4 Å². The molecule has 2 atom stereocenters. The molecule has 1 fully saturated rings. The molecular weight excluding hydrogens is 336 g/mol. The largest absolute Gasteiger partial charge is 0.486 e. The standard InChI is InChI=1S/C18H20N4O4/c1-22-13(6-7-19-22)17-12(3-5-16(23)21-17)20-18(24)11-2-4-14-15(10-11)26-9-8-25-14/h2,4,6-7,10,12,17H,3,5,8-9H2,1H3,(H,20,24)(H,21,23)/t12-,17-/m1/s1. The van der Waals surface area contributed by atoms with Crippen molar-refractivity contribution in [3.05, 3.63) is 41.7 Å². The third kappa shape index (κ3) is 3.10. The minimum absolute atomic E-state index is 0.0268. The van der Waals surface area contributed by atoms with Crippen LogP contribution in [0.1, 0.15) is 34.9 Å². The Morgan fingerprint density at radius 1 is 1.27 bits per heavy atom. The lowest BCUT2D eigenvalue weighted by Crippen LogP contribution is -2.50. The van der Waals surface area contributed by atoms with E-state index in [-0.39, 0.29) is 23.9 Å². The Bertz CT molecular complexity index is 847. The fourth-order valence-electron chi connectivity index (χ4n) is 3.36. The van der Waals surface area contributed by atoms with Crippen LogP contribution in [-0.2, 0) is 11.8 Å². The van der Waals surface area contributed by atoms with Crippen LogP contribution in [0.5, 0.6) is 11.5 Å². The molecule has 4 rings (SSSR count). The van der Waals surface area contributed by atoms with Crippen LogP contribution in [0.25, 0.3) is 0 Å². The molecule has 8 heteroatoms. The van der Waals surface area contributed by atoms with Crippen LogP contribution in [0.2, 0.25) is 0 Å². The highest BCUT2D eigenvalue weighted by Crippen LogP contribution is 2.31. The van der Waals surface area contributed by atoms with Crippen molar-refractivity contribution in [3.63, 3.8) is 0 Å². The maximum atomic E-state index is 12.7. The number of carbonyl (C=O) groups excluding carboxylic acids is 2. The summed E-state index contributed by atoms with van der Waals surface area (Å²) in [6.45, 7) is 0.974. The van der Waals surface area contributed by atoms with Crippen LogP contribution < -0.4 is 20.1 Å². The van der Waals surface area contributed by atoms with Gasteiger partial charge >= 0.3 is 0 Å². The third-order valence-corrected chi connectivity index (χ3v) is 4.70. The van der Waals surface area contributed by atoms with Crippen LogP contribution in [0.3, 0.4) is 0 Å². The Kier molecular flexibility index (Phi) is 4.24. The first-order valence-corrected chi connectivity index (χ1v) is 8.59. The number of nitrogens with zero attached hydrogens (tertiary/aromatic N) is 2. The average molecular weight is 356 g/mol. The van der Waals surface area contributed by atoms with Gasteiger partial charge in [0.05, 0.1) is 17.8 Å². The SMILES string of the molecule is Cn1nccc1[C@@H]1NC(=O)CC[C@H]1NC(=O)c1ccc2c(c1)OCCO2. The van der Waals surface area contributed by atoms with E-state index in [1.54, 1.807) is 29.1 Å².